The number of esters is 2. The van der Waals surface area contributed by atoms with Crippen molar-refractivity contribution in [1.82, 2.24) is 0 Å². The Kier molecular flexibility index (Phi) is 4.57. The van der Waals surface area contributed by atoms with Gasteiger partial charge < -0.3 is 13.9 Å². The van der Waals surface area contributed by atoms with E-state index in [1.54, 1.807) is 30.5 Å². The highest BCUT2D eigenvalue weighted by Gasteiger charge is 2.15. The summed E-state index contributed by atoms with van der Waals surface area (Å²) in [6.07, 6.45) is 1.70. The van der Waals surface area contributed by atoms with Crippen LogP contribution in [0.2, 0.25) is 0 Å². The van der Waals surface area contributed by atoms with E-state index in [1.807, 2.05) is 19.9 Å². The fourth-order valence-electron chi connectivity index (χ4n) is 2.86. The van der Waals surface area contributed by atoms with Gasteiger partial charge in [-0.3, -0.25) is 4.79 Å². The molecule has 0 aliphatic heterocycles. The number of fused-ring (bicyclic) bond motifs is 1. The topological polar surface area (TPSA) is 65.7 Å². The third-order valence-corrected chi connectivity index (χ3v) is 3.93. The molecular weight excluding hydrogens is 320 g/mol. The van der Waals surface area contributed by atoms with Crippen LogP contribution in [0, 0.1) is 13.8 Å². The Hall–Kier alpha value is -3.08. The number of carbonyl (C=O) groups excluding carboxylic acids is 2. The Bertz CT molecular complexity index is 935. The summed E-state index contributed by atoms with van der Waals surface area (Å²) in [6.45, 7) is 3.99. The minimum Gasteiger partial charge on any atom is -0.465 e. The molecule has 5 nitrogen and oxygen atoms in total. The second kappa shape index (κ2) is 6.81. The monoisotopic (exact) mass is 338 g/mol. The Labute approximate surface area is 145 Å². The predicted octanol–water partition coefficient (Wildman–Crippen LogP) is 3.98. The van der Waals surface area contributed by atoms with Gasteiger partial charge in [-0.2, -0.15) is 0 Å². The van der Waals surface area contributed by atoms with Gasteiger partial charge >= 0.3 is 11.9 Å². The van der Waals surface area contributed by atoms with Crippen LogP contribution < -0.4 is 4.74 Å². The average molecular weight is 338 g/mol. The SMILES string of the molecule is COC(=O)c1ccc(OC(=O)Cc2coc3cc(C)cc(C)c23)cc1. The van der Waals surface area contributed by atoms with Crippen molar-refractivity contribution in [1.29, 1.82) is 0 Å². The first-order chi connectivity index (χ1) is 12.0. The van der Waals surface area contributed by atoms with Crippen molar-refractivity contribution in [3.05, 3.63) is 64.9 Å². The number of benzene rings is 2. The van der Waals surface area contributed by atoms with E-state index < -0.39 is 11.9 Å². The lowest BCUT2D eigenvalue weighted by atomic mass is 10.0. The van der Waals surface area contributed by atoms with Crippen LogP contribution in [0.25, 0.3) is 11.0 Å². The smallest absolute Gasteiger partial charge is 0.337 e. The highest BCUT2D eigenvalue weighted by molar-refractivity contribution is 5.90. The molecule has 0 aliphatic rings. The molecule has 0 aliphatic carbocycles. The molecule has 0 saturated heterocycles. The van der Waals surface area contributed by atoms with Gasteiger partial charge in [-0.1, -0.05) is 6.07 Å². The average Bonchev–Trinajstić information content (AvgIpc) is 2.97. The van der Waals surface area contributed by atoms with Gasteiger partial charge in [0.15, 0.2) is 0 Å². The first-order valence-electron chi connectivity index (χ1n) is 7.84. The van der Waals surface area contributed by atoms with E-state index in [4.69, 9.17) is 9.15 Å². The molecule has 1 heterocycles. The summed E-state index contributed by atoms with van der Waals surface area (Å²) in [7, 11) is 1.31. The fourth-order valence-corrected chi connectivity index (χ4v) is 2.86. The molecular formula is C20H18O5. The number of hydrogen-bond donors (Lipinski definition) is 0. The largest absolute Gasteiger partial charge is 0.465 e. The maximum Gasteiger partial charge on any atom is 0.337 e. The van der Waals surface area contributed by atoms with Crippen LogP contribution in [0.4, 0.5) is 0 Å². The lowest BCUT2D eigenvalue weighted by Crippen LogP contribution is -2.11. The van der Waals surface area contributed by atoms with Crippen LogP contribution in [-0.4, -0.2) is 19.0 Å². The molecule has 0 atom stereocenters. The van der Waals surface area contributed by atoms with Gasteiger partial charge in [0.25, 0.3) is 0 Å². The van der Waals surface area contributed by atoms with Crippen molar-refractivity contribution in [2.45, 2.75) is 20.3 Å². The second-order valence-electron chi connectivity index (χ2n) is 5.88. The molecule has 0 saturated carbocycles. The lowest BCUT2D eigenvalue weighted by Gasteiger charge is -2.05. The van der Waals surface area contributed by atoms with Crippen LogP contribution in [0.3, 0.4) is 0 Å². The molecule has 3 aromatic rings. The Morgan fingerprint density at radius 3 is 2.48 bits per heavy atom. The quantitative estimate of drug-likeness (QED) is 0.532. The zero-order valence-electron chi connectivity index (χ0n) is 14.3. The minimum absolute atomic E-state index is 0.107. The summed E-state index contributed by atoms with van der Waals surface area (Å²) in [5, 5.41) is 0.948. The van der Waals surface area contributed by atoms with Crippen molar-refractivity contribution < 1.29 is 23.5 Å². The highest BCUT2D eigenvalue weighted by atomic mass is 16.5. The van der Waals surface area contributed by atoms with Gasteiger partial charge in [0.2, 0.25) is 0 Å². The molecule has 1 aromatic heterocycles. The molecule has 25 heavy (non-hydrogen) atoms. The third-order valence-electron chi connectivity index (χ3n) is 3.93. The van der Waals surface area contributed by atoms with Crippen LogP contribution in [-0.2, 0) is 16.0 Å². The van der Waals surface area contributed by atoms with E-state index >= 15 is 0 Å². The van der Waals surface area contributed by atoms with Gasteiger partial charge in [-0.15, -0.1) is 0 Å². The summed E-state index contributed by atoms with van der Waals surface area (Å²) in [5.41, 5.74) is 4.13. The molecule has 0 spiro atoms. The van der Waals surface area contributed by atoms with E-state index in [2.05, 4.69) is 10.8 Å². The zero-order chi connectivity index (χ0) is 18.0. The Morgan fingerprint density at radius 2 is 1.80 bits per heavy atom. The molecule has 0 N–H and O–H groups in total. The molecule has 0 amide bonds. The molecule has 5 heteroatoms. The van der Waals surface area contributed by atoms with Crippen molar-refractivity contribution in [2.75, 3.05) is 7.11 Å². The van der Waals surface area contributed by atoms with E-state index in [1.165, 1.54) is 7.11 Å². The second-order valence-corrected chi connectivity index (χ2v) is 5.88. The summed E-state index contributed by atoms with van der Waals surface area (Å²) in [5.74, 6) is -0.458. The lowest BCUT2D eigenvalue weighted by molar-refractivity contribution is -0.133. The summed E-state index contributed by atoms with van der Waals surface area (Å²) < 4.78 is 15.5. The number of furan rings is 1. The van der Waals surface area contributed by atoms with E-state index in [9.17, 15) is 9.59 Å². The molecule has 0 fully saturated rings. The number of rotatable bonds is 4. The van der Waals surface area contributed by atoms with Gasteiger partial charge in [0, 0.05) is 10.9 Å². The molecule has 2 aromatic carbocycles. The standard InChI is InChI=1S/C20H18O5/c1-12-8-13(2)19-15(11-24-17(19)9-12)10-18(21)25-16-6-4-14(5-7-16)20(22)23-3/h4-9,11H,10H2,1-3H3. The number of hydrogen-bond acceptors (Lipinski definition) is 5. The Balaban J connectivity index is 1.74. The van der Waals surface area contributed by atoms with Crippen LogP contribution >= 0.6 is 0 Å². The first kappa shape index (κ1) is 16.8. The van der Waals surface area contributed by atoms with Crippen LogP contribution in [0.5, 0.6) is 5.75 Å². The first-order valence-corrected chi connectivity index (χ1v) is 7.84. The molecule has 0 radical (unpaired) electrons. The number of carbonyl (C=O) groups is 2. The summed E-state index contributed by atoms with van der Waals surface area (Å²) in [6, 6.07) is 10.2. The zero-order valence-corrected chi connectivity index (χ0v) is 14.3. The van der Waals surface area contributed by atoms with Crippen molar-refractivity contribution in [3.8, 4) is 5.75 Å². The van der Waals surface area contributed by atoms with E-state index in [0.717, 1.165) is 27.7 Å². The van der Waals surface area contributed by atoms with Crippen LogP contribution in [0.15, 0.2) is 47.1 Å². The summed E-state index contributed by atoms with van der Waals surface area (Å²) in [4.78, 5) is 23.6. The molecule has 128 valence electrons. The highest BCUT2D eigenvalue weighted by Crippen LogP contribution is 2.27. The third kappa shape index (κ3) is 3.55. The van der Waals surface area contributed by atoms with E-state index in [-0.39, 0.29) is 6.42 Å². The maximum atomic E-state index is 12.2. The molecule has 0 unspecified atom stereocenters. The molecule has 3 rings (SSSR count). The van der Waals surface area contributed by atoms with Crippen molar-refractivity contribution in [3.63, 3.8) is 0 Å². The maximum absolute atomic E-state index is 12.2. The normalized spacial score (nSPS) is 10.7. The van der Waals surface area contributed by atoms with Gasteiger partial charge in [0.05, 0.1) is 25.4 Å². The van der Waals surface area contributed by atoms with Crippen molar-refractivity contribution >= 4 is 22.9 Å². The van der Waals surface area contributed by atoms with Crippen molar-refractivity contribution in [2.24, 2.45) is 0 Å². The predicted molar refractivity (Wildman–Crippen MR) is 92.8 cm³/mol. The van der Waals surface area contributed by atoms with Gasteiger partial charge in [0.1, 0.15) is 11.3 Å². The number of aryl methyl sites for hydroxylation is 2. The van der Waals surface area contributed by atoms with Gasteiger partial charge in [-0.25, -0.2) is 4.79 Å². The molecule has 0 bridgehead atoms. The van der Waals surface area contributed by atoms with Crippen LogP contribution in [0.1, 0.15) is 27.0 Å². The van der Waals surface area contributed by atoms with E-state index in [0.29, 0.717) is 11.3 Å². The fraction of sp³-hybridized carbons (Fsp3) is 0.200. The summed E-state index contributed by atoms with van der Waals surface area (Å²) >= 11 is 0. The van der Waals surface area contributed by atoms with Gasteiger partial charge in [-0.05, 0) is 55.3 Å². The number of ether oxygens (including phenoxy) is 2. The minimum atomic E-state index is -0.437. The number of methoxy groups -OCH3 is 1. The Morgan fingerprint density at radius 1 is 1.08 bits per heavy atom.